The second kappa shape index (κ2) is 9.79. The van der Waals surface area contributed by atoms with Crippen LogP contribution >= 0.6 is 0 Å². The van der Waals surface area contributed by atoms with Gasteiger partial charge in [0.2, 0.25) is 0 Å². The van der Waals surface area contributed by atoms with Crippen molar-refractivity contribution >= 4 is 35.3 Å². The fraction of sp³-hybridized carbons (Fsp3) is 0. The molecule has 1 aromatic carbocycles. The number of benzene rings is 1. The third-order valence-corrected chi connectivity index (χ3v) is 1.69. The molecule has 15 N–H and O–H groups in total. The molecule has 0 atom stereocenters. The van der Waals surface area contributed by atoms with E-state index < -0.39 is 18.3 Å². The molecule has 12 nitrogen and oxygen atoms in total. The van der Waals surface area contributed by atoms with Gasteiger partial charge in [0, 0.05) is 17.1 Å². The number of carboxylic acid groups (broad SMARTS) is 3. The second-order valence-corrected chi connectivity index (χ2v) is 3.09. The van der Waals surface area contributed by atoms with E-state index in [-0.39, 0.29) is 35.5 Å². The van der Waals surface area contributed by atoms with Crippen molar-refractivity contribution in [2.24, 2.45) is 0 Å². The third-order valence-electron chi connectivity index (χ3n) is 1.69. The van der Waals surface area contributed by atoms with Gasteiger partial charge >= 0.3 is 18.3 Å². The second-order valence-electron chi connectivity index (χ2n) is 3.09. The first kappa shape index (κ1) is 23.0. The Labute approximate surface area is 118 Å². The summed E-state index contributed by atoms with van der Waals surface area (Å²) in [4.78, 5) is 31.4. The Bertz CT molecular complexity index is 424. The zero-order valence-corrected chi connectivity index (χ0v) is 10.9. The Kier molecular flexibility index (Phi) is 10.7. The van der Waals surface area contributed by atoms with Gasteiger partial charge < -0.3 is 33.8 Å². The summed E-state index contributed by atoms with van der Waals surface area (Å²) >= 11 is 0. The highest BCUT2D eigenvalue weighted by Gasteiger charge is 2.07. The summed E-state index contributed by atoms with van der Waals surface area (Å²) in [5.74, 6) is 0. The zero-order chi connectivity index (χ0) is 13.7. The molecule has 21 heavy (non-hydrogen) atoms. The molecular weight excluding hydrogens is 288 g/mol. The SMILES string of the molecule is N.N.N.O=C(O)Nc1cc(NC(=O)O)cc(NC(=O)O)c1. The molecule has 0 aliphatic heterocycles. The summed E-state index contributed by atoms with van der Waals surface area (Å²) in [5, 5.41) is 31.5. The standard InChI is InChI=1S/C9H9N3O6.3H3N/c13-7(14)10-4-1-5(11-8(15)16)3-6(2-4)12-9(17)18;;;/h1-3,10-12H,(H,13,14)(H,15,16)(H,17,18);3*1H3. The Balaban J connectivity index is -0.00000108. The topological polar surface area (TPSA) is 253 Å². The number of rotatable bonds is 3. The molecule has 12 heteroatoms. The summed E-state index contributed by atoms with van der Waals surface area (Å²) in [5.41, 5.74) is 0.0764. The maximum absolute atomic E-state index is 10.5. The molecule has 0 saturated heterocycles. The lowest BCUT2D eigenvalue weighted by Gasteiger charge is -2.09. The van der Waals surface area contributed by atoms with Crippen molar-refractivity contribution in [3.8, 4) is 0 Å². The van der Waals surface area contributed by atoms with Crippen LogP contribution in [0.3, 0.4) is 0 Å². The smallest absolute Gasteiger partial charge is 0.409 e. The highest BCUT2D eigenvalue weighted by atomic mass is 16.4. The van der Waals surface area contributed by atoms with E-state index in [1.807, 2.05) is 16.0 Å². The molecule has 0 aromatic heterocycles. The highest BCUT2D eigenvalue weighted by Crippen LogP contribution is 2.22. The maximum Gasteiger partial charge on any atom is 0.409 e. The molecule has 1 aromatic rings. The number of carbonyl (C=O) groups is 3. The van der Waals surface area contributed by atoms with Gasteiger partial charge in [-0.05, 0) is 18.2 Å². The van der Waals surface area contributed by atoms with Crippen LogP contribution in [0.2, 0.25) is 0 Å². The zero-order valence-electron chi connectivity index (χ0n) is 10.9. The first-order valence-electron chi connectivity index (χ1n) is 4.52. The van der Waals surface area contributed by atoms with E-state index in [1.165, 1.54) is 18.2 Å². The van der Waals surface area contributed by atoms with Crippen LogP contribution in [-0.4, -0.2) is 33.6 Å². The van der Waals surface area contributed by atoms with Crippen molar-refractivity contribution in [3.63, 3.8) is 0 Å². The molecule has 0 bridgehead atoms. The van der Waals surface area contributed by atoms with E-state index in [0.29, 0.717) is 0 Å². The lowest BCUT2D eigenvalue weighted by Crippen LogP contribution is -2.12. The van der Waals surface area contributed by atoms with Gasteiger partial charge in [-0.1, -0.05) is 0 Å². The summed E-state index contributed by atoms with van der Waals surface area (Å²) in [6, 6.07) is 3.61. The van der Waals surface area contributed by atoms with Gasteiger partial charge in [-0.15, -0.1) is 0 Å². The number of amides is 3. The summed E-state index contributed by atoms with van der Waals surface area (Å²) in [7, 11) is 0. The minimum absolute atomic E-state index is 0. The average molecular weight is 306 g/mol. The van der Waals surface area contributed by atoms with Crippen molar-refractivity contribution in [3.05, 3.63) is 18.2 Å². The Morgan fingerprint density at radius 2 is 0.810 bits per heavy atom. The van der Waals surface area contributed by atoms with Gasteiger partial charge in [-0.3, -0.25) is 16.0 Å². The average Bonchev–Trinajstić information content (AvgIpc) is 2.12. The third kappa shape index (κ3) is 8.60. The first-order chi connectivity index (χ1) is 8.36. The van der Waals surface area contributed by atoms with Crippen LogP contribution in [0.5, 0.6) is 0 Å². The minimum Gasteiger partial charge on any atom is -0.465 e. The molecule has 1 rings (SSSR count). The predicted octanol–water partition coefficient (Wildman–Crippen LogP) is 2.44. The number of hydrogen-bond acceptors (Lipinski definition) is 6. The van der Waals surface area contributed by atoms with Gasteiger partial charge in [-0.2, -0.15) is 0 Å². The van der Waals surface area contributed by atoms with E-state index in [0.717, 1.165) is 0 Å². The van der Waals surface area contributed by atoms with Crippen LogP contribution in [0.15, 0.2) is 18.2 Å². The first-order valence-corrected chi connectivity index (χ1v) is 4.52. The van der Waals surface area contributed by atoms with E-state index >= 15 is 0 Å². The molecule has 0 fully saturated rings. The molecule has 0 heterocycles. The number of nitrogens with one attached hydrogen (secondary N) is 3. The van der Waals surface area contributed by atoms with Gasteiger partial charge in [0.15, 0.2) is 0 Å². The Hall–Kier alpha value is -3.09. The van der Waals surface area contributed by atoms with Crippen molar-refractivity contribution < 1.29 is 29.7 Å². The molecule has 0 unspecified atom stereocenters. The molecular formula is C9H18N6O6. The van der Waals surface area contributed by atoms with Crippen molar-refractivity contribution in [1.29, 1.82) is 0 Å². The number of anilines is 3. The van der Waals surface area contributed by atoms with E-state index in [1.54, 1.807) is 0 Å². The Morgan fingerprint density at radius 1 is 0.619 bits per heavy atom. The van der Waals surface area contributed by atoms with Crippen LogP contribution in [0.25, 0.3) is 0 Å². The van der Waals surface area contributed by atoms with Gasteiger partial charge in [0.1, 0.15) is 0 Å². The molecule has 0 spiro atoms. The fourth-order valence-electron chi connectivity index (χ4n) is 1.21. The van der Waals surface area contributed by atoms with Gasteiger partial charge in [0.05, 0.1) is 0 Å². The molecule has 0 saturated carbocycles. The van der Waals surface area contributed by atoms with Crippen LogP contribution in [0, 0.1) is 0 Å². The monoisotopic (exact) mass is 306 g/mol. The van der Waals surface area contributed by atoms with Gasteiger partial charge in [0.25, 0.3) is 0 Å². The van der Waals surface area contributed by atoms with Crippen molar-refractivity contribution in [2.45, 2.75) is 0 Å². The highest BCUT2D eigenvalue weighted by molar-refractivity contribution is 5.91. The summed E-state index contributed by atoms with van der Waals surface area (Å²) in [6.45, 7) is 0. The molecule has 3 amide bonds. The summed E-state index contributed by atoms with van der Waals surface area (Å²) in [6.07, 6.45) is -4.07. The predicted molar refractivity (Wildman–Crippen MR) is 76.5 cm³/mol. The quantitative estimate of drug-likeness (QED) is 0.396. The molecule has 0 aliphatic rings. The summed E-state index contributed by atoms with van der Waals surface area (Å²) < 4.78 is 0. The van der Waals surface area contributed by atoms with Gasteiger partial charge in [-0.25, -0.2) is 14.4 Å². The Morgan fingerprint density at radius 3 is 0.952 bits per heavy atom. The van der Waals surface area contributed by atoms with Crippen molar-refractivity contribution in [1.82, 2.24) is 18.5 Å². The minimum atomic E-state index is -1.36. The fourth-order valence-corrected chi connectivity index (χ4v) is 1.21. The van der Waals surface area contributed by atoms with Crippen molar-refractivity contribution in [2.75, 3.05) is 16.0 Å². The van der Waals surface area contributed by atoms with E-state index in [2.05, 4.69) is 0 Å². The number of hydrogen-bond donors (Lipinski definition) is 9. The lowest BCUT2D eigenvalue weighted by molar-refractivity contribution is 0.208. The van der Waals surface area contributed by atoms with Crippen LogP contribution in [0.1, 0.15) is 0 Å². The normalized spacial score (nSPS) is 8.00. The molecule has 0 aliphatic carbocycles. The van der Waals surface area contributed by atoms with E-state index in [4.69, 9.17) is 15.3 Å². The largest absolute Gasteiger partial charge is 0.465 e. The molecule has 0 radical (unpaired) electrons. The lowest BCUT2D eigenvalue weighted by atomic mass is 10.2. The maximum atomic E-state index is 10.5. The van der Waals surface area contributed by atoms with Crippen LogP contribution < -0.4 is 34.4 Å². The van der Waals surface area contributed by atoms with Crippen LogP contribution in [-0.2, 0) is 0 Å². The van der Waals surface area contributed by atoms with E-state index in [9.17, 15) is 14.4 Å². The molecule has 120 valence electrons. The van der Waals surface area contributed by atoms with Crippen LogP contribution in [0.4, 0.5) is 31.4 Å².